The number of allylic oxidation sites excluding steroid dienone is 3. The number of aromatic nitrogens is 1. The van der Waals surface area contributed by atoms with Crippen molar-refractivity contribution >= 4 is 18.6 Å². The normalized spacial score (nSPS) is 18.3. The molecule has 0 bridgehead atoms. The molecule has 0 aliphatic carbocycles. The van der Waals surface area contributed by atoms with Crippen molar-refractivity contribution in [1.82, 2.24) is 4.98 Å². The standard InChI is InChI=1S/C31H48BF2N2O2/c1-3-5-7-9-11-13-15-17-19-26-21-23-28(35-26)30-25-31(38-32(33,34)37-30)29-24-22-27(36-29)20-18-16-14-12-10-8-6-4-2/h21-25,35H,3-20H2,1-2H3/q-1/p+1/b31-29-. The van der Waals surface area contributed by atoms with Crippen LogP contribution in [0.2, 0.25) is 0 Å². The van der Waals surface area contributed by atoms with Crippen molar-refractivity contribution in [3.8, 4) is 0 Å². The van der Waals surface area contributed by atoms with Crippen LogP contribution in [-0.2, 0) is 15.7 Å². The van der Waals surface area contributed by atoms with Crippen molar-refractivity contribution in [2.75, 3.05) is 0 Å². The van der Waals surface area contributed by atoms with Gasteiger partial charge in [0.05, 0.1) is 5.69 Å². The molecule has 0 saturated heterocycles. The molecule has 2 aliphatic rings. The zero-order valence-electron chi connectivity index (χ0n) is 23.8. The summed E-state index contributed by atoms with van der Waals surface area (Å²) in [5, 5.41) is 0. The van der Waals surface area contributed by atoms with Crippen LogP contribution in [0.3, 0.4) is 0 Å². The Labute approximate surface area is 229 Å². The lowest BCUT2D eigenvalue weighted by molar-refractivity contribution is -0.390. The van der Waals surface area contributed by atoms with Crippen LogP contribution in [-0.4, -0.2) is 17.8 Å². The molecule has 0 fully saturated rings. The molecule has 0 amide bonds. The Bertz CT molecular complexity index is 965. The second-order valence-corrected chi connectivity index (χ2v) is 10.9. The summed E-state index contributed by atoms with van der Waals surface area (Å²) in [5.41, 5.74) is 3.22. The number of hydrogen-bond donors (Lipinski definition) is 2. The Morgan fingerprint density at radius 3 is 1.92 bits per heavy atom. The van der Waals surface area contributed by atoms with E-state index in [2.05, 4.69) is 23.8 Å². The Balaban J connectivity index is 1.49. The first-order valence-electron chi connectivity index (χ1n) is 15.3. The Kier molecular flexibility index (Phi) is 13.2. The van der Waals surface area contributed by atoms with Crippen molar-refractivity contribution in [2.45, 2.75) is 129 Å². The number of nitrogens with one attached hydrogen (secondary N) is 2. The van der Waals surface area contributed by atoms with Gasteiger partial charge in [-0.05, 0) is 31.4 Å². The largest absolute Gasteiger partial charge is 0.726 e. The summed E-state index contributed by atoms with van der Waals surface area (Å²) in [6.45, 7) is 4.48. The van der Waals surface area contributed by atoms with Gasteiger partial charge in [-0.3, -0.25) is 0 Å². The minimum atomic E-state index is -4.43. The molecule has 7 heteroatoms. The highest BCUT2D eigenvalue weighted by Crippen LogP contribution is 2.32. The Hall–Kier alpha value is -2.31. The number of rotatable bonds is 19. The molecule has 2 N–H and O–H groups in total. The van der Waals surface area contributed by atoms with Gasteiger partial charge in [-0.2, -0.15) is 0 Å². The number of H-pyrrole nitrogens is 1. The van der Waals surface area contributed by atoms with Crippen LogP contribution in [0.1, 0.15) is 134 Å². The van der Waals surface area contributed by atoms with Crippen molar-refractivity contribution in [3.05, 3.63) is 53.2 Å². The second kappa shape index (κ2) is 16.6. The molecule has 3 heterocycles. The SMILES string of the molecule is CCCCCCCCCCC1=[NH+]/C(=C2/C=C(c3ccc(CCCCCCCCCC)[nH]3)O[B-](F)(F)O2)C=C1. The second-order valence-electron chi connectivity index (χ2n) is 10.9. The highest BCUT2D eigenvalue weighted by Gasteiger charge is 2.40. The van der Waals surface area contributed by atoms with E-state index in [-0.39, 0.29) is 11.5 Å². The molecule has 0 unspecified atom stereocenters. The minimum Gasteiger partial charge on any atom is -0.626 e. The number of aromatic amines is 1. The van der Waals surface area contributed by atoms with Crippen molar-refractivity contribution < 1.29 is 22.9 Å². The monoisotopic (exact) mass is 530 g/mol. The van der Waals surface area contributed by atoms with Crippen LogP contribution in [0.25, 0.3) is 5.76 Å². The molecule has 0 radical (unpaired) electrons. The molecule has 0 spiro atoms. The van der Waals surface area contributed by atoms with Gasteiger partial charge in [0, 0.05) is 30.3 Å². The summed E-state index contributed by atoms with van der Waals surface area (Å²) in [4.78, 5) is 6.55. The molecule has 2 aliphatic heterocycles. The molecule has 0 aromatic carbocycles. The van der Waals surface area contributed by atoms with E-state index in [4.69, 9.17) is 9.31 Å². The maximum Gasteiger partial charge on any atom is 0.726 e. The van der Waals surface area contributed by atoms with Gasteiger partial charge < -0.3 is 22.9 Å². The molecular formula is C31H49BF2N2O2. The van der Waals surface area contributed by atoms with Crippen molar-refractivity contribution in [1.29, 1.82) is 0 Å². The van der Waals surface area contributed by atoms with Crippen LogP contribution >= 0.6 is 0 Å². The minimum absolute atomic E-state index is 0.123. The van der Waals surface area contributed by atoms with Crippen molar-refractivity contribution in [2.24, 2.45) is 0 Å². The molecule has 212 valence electrons. The predicted molar refractivity (Wildman–Crippen MR) is 155 cm³/mol. The Morgan fingerprint density at radius 1 is 0.711 bits per heavy atom. The zero-order chi connectivity index (χ0) is 27.1. The number of hydrogen-bond acceptors (Lipinski definition) is 2. The van der Waals surface area contributed by atoms with Gasteiger partial charge in [-0.25, -0.2) is 4.99 Å². The number of aryl methyl sites for hydroxylation is 1. The molecule has 1 aromatic heterocycles. The van der Waals surface area contributed by atoms with Crippen LogP contribution < -0.4 is 4.99 Å². The number of halogens is 2. The molecular weight excluding hydrogens is 481 g/mol. The van der Waals surface area contributed by atoms with Crippen LogP contribution in [0.5, 0.6) is 0 Å². The maximum atomic E-state index is 14.4. The Morgan fingerprint density at radius 2 is 1.29 bits per heavy atom. The molecule has 4 nitrogen and oxygen atoms in total. The first-order valence-corrected chi connectivity index (χ1v) is 15.3. The van der Waals surface area contributed by atoms with E-state index in [1.54, 1.807) is 6.08 Å². The van der Waals surface area contributed by atoms with E-state index in [1.807, 2.05) is 24.3 Å². The van der Waals surface area contributed by atoms with Gasteiger partial charge in [-0.1, -0.05) is 104 Å². The van der Waals surface area contributed by atoms with Crippen LogP contribution in [0.4, 0.5) is 8.63 Å². The summed E-state index contributed by atoms with van der Waals surface area (Å²) >= 11 is 0. The maximum absolute atomic E-state index is 14.4. The van der Waals surface area contributed by atoms with E-state index in [9.17, 15) is 8.63 Å². The van der Waals surface area contributed by atoms with E-state index in [0.29, 0.717) is 11.4 Å². The van der Waals surface area contributed by atoms with Gasteiger partial charge in [0.2, 0.25) is 5.70 Å². The fraction of sp³-hybridized carbons (Fsp3) is 0.645. The van der Waals surface area contributed by atoms with Crippen molar-refractivity contribution in [3.63, 3.8) is 0 Å². The van der Waals surface area contributed by atoms with Gasteiger partial charge in [0.15, 0.2) is 11.5 Å². The third-order valence-electron chi connectivity index (χ3n) is 7.41. The first-order chi connectivity index (χ1) is 18.5. The fourth-order valence-electron chi connectivity index (χ4n) is 5.15. The lowest BCUT2D eigenvalue weighted by atomic mass is 10.1. The van der Waals surface area contributed by atoms with E-state index >= 15 is 0 Å². The van der Waals surface area contributed by atoms with Gasteiger partial charge in [0.1, 0.15) is 5.76 Å². The third-order valence-corrected chi connectivity index (χ3v) is 7.41. The molecule has 0 saturated carbocycles. The molecule has 1 aromatic rings. The predicted octanol–water partition coefficient (Wildman–Crippen LogP) is 8.29. The highest BCUT2D eigenvalue weighted by atomic mass is 19.3. The summed E-state index contributed by atoms with van der Waals surface area (Å²) < 4.78 is 38.7. The van der Waals surface area contributed by atoms with Crippen LogP contribution in [0, 0.1) is 0 Å². The summed E-state index contributed by atoms with van der Waals surface area (Å²) in [7, 11) is -4.43. The van der Waals surface area contributed by atoms with Crippen LogP contribution in [0.15, 0.2) is 41.8 Å². The molecule has 38 heavy (non-hydrogen) atoms. The average molecular weight is 531 g/mol. The summed E-state index contributed by atoms with van der Waals surface area (Å²) in [6, 6.07) is 3.79. The zero-order valence-corrected chi connectivity index (χ0v) is 23.8. The number of unbranched alkanes of at least 4 members (excludes halogenated alkanes) is 14. The summed E-state index contributed by atoms with van der Waals surface area (Å²) in [5.74, 6) is 0.246. The summed E-state index contributed by atoms with van der Waals surface area (Å²) in [6.07, 6.45) is 27.4. The fourth-order valence-corrected chi connectivity index (χ4v) is 5.15. The quantitative estimate of drug-likeness (QED) is 0.140. The average Bonchev–Trinajstić information content (AvgIpc) is 3.56. The van der Waals surface area contributed by atoms with E-state index < -0.39 is 7.11 Å². The highest BCUT2D eigenvalue weighted by molar-refractivity contribution is 6.53. The van der Waals surface area contributed by atoms with E-state index in [1.165, 1.54) is 89.9 Å². The topological polar surface area (TPSA) is 48.2 Å². The van der Waals surface area contributed by atoms with Gasteiger partial charge >= 0.3 is 7.11 Å². The van der Waals surface area contributed by atoms with E-state index in [0.717, 1.165) is 37.1 Å². The molecule has 0 atom stereocenters. The molecule has 3 rings (SSSR count). The smallest absolute Gasteiger partial charge is 0.626 e. The third kappa shape index (κ3) is 10.8. The lowest BCUT2D eigenvalue weighted by Crippen LogP contribution is -2.68. The van der Waals surface area contributed by atoms with Gasteiger partial charge in [0.25, 0.3) is 0 Å². The first kappa shape index (κ1) is 30.2. The van der Waals surface area contributed by atoms with Gasteiger partial charge in [-0.15, -0.1) is 0 Å². The lowest BCUT2D eigenvalue weighted by Gasteiger charge is -2.33.